The fourth-order valence-electron chi connectivity index (χ4n) is 1.66. The number of nitrogens with zero attached hydrogens (tertiary/aromatic N) is 1. The number of benzene rings is 2. The fourth-order valence-corrected chi connectivity index (χ4v) is 1.66. The number of hydrogen-bond donors (Lipinski definition) is 1. The molecule has 0 saturated carbocycles. The highest BCUT2D eigenvalue weighted by Crippen LogP contribution is 2.34. The van der Waals surface area contributed by atoms with Crippen molar-refractivity contribution >= 4 is 17.3 Å². The summed E-state index contributed by atoms with van der Waals surface area (Å²) in [6.45, 7) is 1.38. The maximum Gasteiger partial charge on any atom is 0.311 e. The molecule has 0 atom stereocenters. The van der Waals surface area contributed by atoms with Crippen LogP contribution in [0.15, 0.2) is 48.5 Å². The molecule has 6 nitrogen and oxygen atoms in total. The molecule has 0 spiro atoms. The minimum atomic E-state index is -0.518. The third kappa shape index (κ3) is 3.11. The van der Waals surface area contributed by atoms with Crippen LogP contribution in [0.2, 0.25) is 0 Å². The first kappa shape index (κ1) is 13.5. The molecular weight excluding hydrogens is 260 g/mol. The van der Waals surface area contributed by atoms with Crippen LogP contribution in [0.5, 0.6) is 11.5 Å². The van der Waals surface area contributed by atoms with Crippen LogP contribution in [0.3, 0.4) is 0 Å². The Kier molecular flexibility index (Phi) is 3.95. The van der Waals surface area contributed by atoms with E-state index in [1.54, 1.807) is 36.4 Å². The van der Waals surface area contributed by atoms with Gasteiger partial charge in [-0.3, -0.25) is 14.9 Å². The Morgan fingerprint density at radius 2 is 1.70 bits per heavy atom. The number of carbonyl (C=O) groups is 1. The molecule has 2 aromatic rings. The van der Waals surface area contributed by atoms with Gasteiger partial charge in [0, 0.05) is 13.0 Å². The van der Waals surface area contributed by atoms with Gasteiger partial charge in [-0.1, -0.05) is 24.3 Å². The molecule has 1 N–H and O–H groups in total. The summed E-state index contributed by atoms with van der Waals surface area (Å²) in [6, 6.07) is 12.8. The molecule has 0 saturated heterocycles. The van der Waals surface area contributed by atoms with Crippen LogP contribution in [0.4, 0.5) is 11.4 Å². The molecule has 1 amide bonds. The molecule has 20 heavy (non-hydrogen) atoms. The lowest BCUT2D eigenvalue weighted by Gasteiger charge is -2.11. The first-order valence-electron chi connectivity index (χ1n) is 5.86. The summed E-state index contributed by atoms with van der Waals surface area (Å²) in [5, 5.41) is 13.5. The quantitative estimate of drug-likeness (QED) is 0.683. The van der Waals surface area contributed by atoms with E-state index in [2.05, 4.69) is 5.32 Å². The topological polar surface area (TPSA) is 81.5 Å². The maximum atomic E-state index is 11.1. The number of amides is 1. The molecule has 0 aliphatic carbocycles. The van der Waals surface area contributed by atoms with Gasteiger partial charge in [-0.2, -0.15) is 0 Å². The van der Waals surface area contributed by atoms with E-state index in [1.165, 1.54) is 19.1 Å². The Morgan fingerprint density at radius 3 is 2.35 bits per heavy atom. The number of para-hydroxylation sites is 4. The minimum absolute atomic E-state index is 0.121. The summed E-state index contributed by atoms with van der Waals surface area (Å²) >= 11 is 0. The largest absolute Gasteiger partial charge is 0.448 e. The number of carbonyl (C=O) groups excluding carboxylic acids is 1. The Morgan fingerprint density at radius 1 is 1.10 bits per heavy atom. The second kappa shape index (κ2) is 5.83. The van der Waals surface area contributed by atoms with Crippen LogP contribution in [0.1, 0.15) is 6.92 Å². The van der Waals surface area contributed by atoms with Crippen molar-refractivity contribution < 1.29 is 14.5 Å². The average Bonchev–Trinajstić information content (AvgIpc) is 2.41. The van der Waals surface area contributed by atoms with E-state index in [1.807, 2.05) is 0 Å². The van der Waals surface area contributed by atoms with Crippen LogP contribution in [-0.4, -0.2) is 10.8 Å². The van der Waals surface area contributed by atoms with Gasteiger partial charge in [-0.15, -0.1) is 0 Å². The second-order valence-corrected chi connectivity index (χ2v) is 4.00. The summed E-state index contributed by atoms with van der Waals surface area (Å²) in [5.41, 5.74) is 0.322. The highest BCUT2D eigenvalue weighted by Gasteiger charge is 2.15. The van der Waals surface area contributed by atoms with Crippen LogP contribution >= 0.6 is 0 Å². The van der Waals surface area contributed by atoms with Crippen molar-refractivity contribution in [3.63, 3.8) is 0 Å². The first-order valence-corrected chi connectivity index (χ1v) is 5.86. The standard InChI is InChI=1S/C14H12N2O4/c1-10(17)15-11-6-2-4-8-13(11)20-14-9-5-3-7-12(14)16(18)19/h2-9H,1H3,(H,15,17). The molecule has 0 aliphatic rings. The number of nitro benzene ring substituents is 1. The van der Waals surface area contributed by atoms with Gasteiger partial charge in [0.15, 0.2) is 5.75 Å². The second-order valence-electron chi connectivity index (χ2n) is 4.00. The normalized spacial score (nSPS) is 9.85. The molecule has 2 rings (SSSR count). The van der Waals surface area contributed by atoms with E-state index in [4.69, 9.17) is 4.74 Å². The highest BCUT2D eigenvalue weighted by molar-refractivity contribution is 5.90. The van der Waals surface area contributed by atoms with E-state index in [-0.39, 0.29) is 17.3 Å². The molecule has 2 aromatic carbocycles. The molecule has 0 aliphatic heterocycles. The van der Waals surface area contributed by atoms with Gasteiger partial charge in [-0.25, -0.2) is 0 Å². The van der Waals surface area contributed by atoms with Gasteiger partial charge in [0.25, 0.3) is 0 Å². The summed E-state index contributed by atoms with van der Waals surface area (Å²) in [5.74, 6) is 0.218. The van der Waals surface area contributed by atoms with Crippen LogP contribution in [-0.2, 0) is 4.79 Å². The zero-order chi connectivity index (χ0) is 14.5. The van der Waals surface area contributed by atoms with Crippen molar-refractivity contribution in [3.8, 4) is 11.5 Å². The lowest BCUT2D eigenvalue weighted by Crippen LogP contribution is -2.06. The van der Waals surface area contributed by atoms with Gasteiger partial charge >= 0.3 is 5.69 Å². The molecule has 6 heteroatoms. The molecule has 0 aromatic heterocycles. The van der Waals surface area contributed by atoms with Gasteiger partial charge < -0.3 is 10.1 Å². The fraction of sp³-hybridized carbons (Fsp3) is 0.0714. The molecule has 102 valence electrons. The summed E-state index contributed by atoms with van der Waals surface area (Å²) < 4.78 is 5.55. The van der Waals surface area contributed by atoms with Crippen LogP contribution in [0, 0.1) is 10.1 Å². The van der Waals surface area contributed by atoms with Gasteiger partial charge in [0.05, 0.1) is 10.6 Å². The summed E-state index contributed by atoms with van der Waals surface area (Å²) in [4.78, 5) is 21.5. The van der Waals surface area contributed by atoms with Gasteiger partial charge in [0.2, 0.25) is 11.7 Å². The Labute approximate surface area is 115 Å². The van der Waals surface area contributed by atoms with Crippen molar-refractivity contribution in [1.29, 1.82) is 0 Å². The monoisotopic (exact) mass is 272 g/mol. The van der Waals surface area contributed by atoms with Crippen molar-refractivity contribution in [3.05, 3.63) is 58.6 Å². The minimum Gasteiger partial charge on any atom is -0.448 e. The smallest absolute Gasteiger partial charge is 0.311 e. The predicted molar refractivity (Wildman–Crippen MR) is 73.9 cm³/mol. The Bertz CT molecular complexity index is 655. The number of nitro groups is 1. The van der Waals surface area contributed by atoms with Crippen molar-refractivity contribution in [1.82, 2.24) is 0 Å². The van der Waals surface area contributed by atoms with Crippen LogP contribution < -0.4 is 10.1 Å². The average molecular weight is 272 g/mol. The maximum absolute atomic E-state index is 11.1. The van der Waals surface area contributed by atoms with Crippen molar-refractivity contribution in [2.75, 3.05) is 5.32 Å². The lowest BCUT2D eigenvalue weighted by molar-refractivity contribution is -0.385. The zero-order valence-electron chi connectivity index (χ0n) is 10.7. The SMILES string of the molecule is CC(=O)Nc1ccccc1Oc1ccccc1[N+](=O)[O-]. The van der Waals surface area contributed by atoms with E-state index >= 15 is 0 Å². The molecule has 0 heterocycles. The molecule has 0 unspecified atom stereocenters. The summed E-state index contributed by atoms with van der Waals surface area (Å²) in [7, 11) is 0. The van der Waals surface area contributed by atoms with E-state index in [0.717, 1.165) is 0 Å². The predicted octanol–water partition coefficient (Wildman–Crippen LogP) is 3.35. The molecular formula is C14H12N2O4. The van der Waals surface area contributed by atoms with Gasteiger partial charge in [0.1, 0.15) is 0 Å². The molecule has 0 fully saturated rings. The van der Waals surface area contributed by atoms with Crippen molar-refractivity contribution in [2.45, 2.75) is 6.92 Å². The number of hydrogen-bond acceptors (Lipinski definition) is 4. The van der Waals surface area contributed by atoms with Crippen molar-refractivity contribution in [2.24, 2.45) is 0 Å². The number of rotatable bonds is 4. The first-order chi connectivity index (χ1) is 9.58. The number of ether oxygens (including phenoxy) is 1. The Balaban J connectivity index is 2.35. The van der Waals surface area contributed by atoms with E-state index < -0.39 is 4.92 Å². The third-order valence-corrected chi connectivity index (χ3v) is 2.48. The third-order valence-electron chi connectivity index (χ3n) is 2.48. The molecule has 0 bridgehead atoms. The Hall–Kier alpha value is -2.89. The lowest BCUT2D eigenvalue weighted by atomic mass is 10.2. The zero-order valence-corrected chi connectivity index (χ0v) is 10.7. The van der Waals surface area contributed by atoms with E-state index in [9.17, 15) is 14.9 Å². The van der Waals surface area contributed by atoms with Crippen LogP contribution in [0.25, 0.3) is 0 Å². The highest BCUT2D eigenvalue weighted by atomic mass is 16.6. The molecule has 0 radical (unpaired) electrons. The number of nitrogens with one attached hydrogen (secondary N) is 1. The van der Waals surface area contributed by atoms with E-state index in [0.29, 0.717) is 11.4 Å². The van der Waals surface area contributed by atoms with Gasteiger partial charge in [-0.05, 0) is 18.2 Å². The summed E-state index contributed by atoms with van der Waals surface area (Å²) in [6.07, 6.45) is 0. The number of anilines is 1.